The van der Waals surface area contributed by atoms with Crippen LogP contribution in [0.5, 0.6) is 0 Å². The highest BCUT2D eigenvalue weighted by Crippen LogP contribution is 2.18. The molecule has 2 aromatic carbocycles. The van der Waals surface area contributed by atoms with Crippen molar-refractivity contribution in [2.45, 2.75) is 20.4 Å². The van der Waals surface area contributed by atoms with Crippen molar-refractivity contribution in [1.82, 2.24) is 5.32 Å². The number of anilines is 2. The van der Waals surface area contributed by atoms with Crippen molar-refractivity contribution in [3.8, 4) is 0 Å². The summed E-state index contributed by atoms with van der Waals surface area (Å²) < 4.78 is 0. The summed E-state index contributed by atoms with van der Waals surface area (Å²) in [5, 5.41) is 3.00. The van der Waals surface area contributed by atoms with Crippen LogP contribution in [0.4, 0.5) is 11.4 Å². The van der Waals surface area contributed by atoms with Gasteiger partial charge in [0.05, 0.1) is 0 Å². The van der Waals surface area contributed by atoms with E-state index in [1.54, 1.807) is 0 Å². The Kier molecular flexibility index (Phi) is 5.85. The van der Waals surface area contributed by atoms with Gasteiger partial charge in [-0.2, -0.15) is 0 Å². The van der Waals surface area contributed by atoms with Crippen LogP contribution >= 0.6 is 0 Å². The first-order chi connectivity index (χ1) is 11.4. The molecule has 0 bridgehead atoms. The number of carbonyl (C=O) groups is 1. The zero-order valence-corrected chi connectivity index (χ0v) is 15.3. The van der Waals surface area contributed by atoms with Crippen molar-refractivity contribution in [3.05, 3.63) is 59.2 Å². The molecular formula is C20H27N3O. The van der Waals surface area contributed by atoms with Gasteiger partial charge in [-0.1, -0.05) is 6.07 Å². The third-order valence-electron chi connectivity index (χ3n) is 4.33. The quantitative estimate of drug-likeness (QED) is 0.883. The molecular weight excluding hydrogens is 298 g/mol. The smallest absolute Gasteiger partial charge is 0.251 e. The van der Waals surface area contributed by atoms with Crippen molar-refractivity contribution >= 4 is 17.3 Å². The first-order valence-electron chi connectivity index (χ1n) is 8.28. The molecule has 0 saturated carbocycles. The topological polar surface area (TPSA) is 35.6 Å². The van der Waals surface area contributed by atoms with Crippen LogP contribution in [0.3, 0.4) is 0 Å². The highest BCUT2D eigenvalue weighted by molar-refractivity contribution is 5.94. The molecule has 2 rings (SSSR count). The maximum absolute atomic E-state index is 12.3. The van der Waals surface area contributed by atoms with Gasteiger partial charge in [-0.05, 0) is 61.4 Å². The number of hydrogen-bond acceptors (Lipinski definition) is 3. The van der Waals surface area contributed by atoms with E-state index in [9.17, 15) is 4.79 Å². The first kappa shape index (κ1) is 17.9. The van der Waals surface area contributed by atoms with Crippen LogP contribution in [0.25, 0.3) is 0 Å². The largest absolute Gasteiger partial charge is 0.378 e. The minimum Gasteiger partial charge on any atom is -0.378 e. The fraction of sp³-hybridized carbons (Fsp3) is 0.350. The predicted molar refractivity (Wildman–Crippen MR) is 102 cm³/mol. The molecule has 1 amide bonds. The van der Waals surface area contributed by atoms with Crippen LogP contribution in [0.15, 0.2) is 42.5 Å². The third kappa shape index (κ3) is 4.28. The Labute approximate surface area is 145 Å². The third-order valence-corrected chi connectivity index (χ3v) is 4.33. The van der Waals surface area contributed by atoms with Crippen LogP contribution in [0, 0.1) is 6.92 Å². The molecule has 0 fully saturated rings. The number of rotatable bonds is 6. The molecule has 0 unspecified atom stereocenters. The normalized spacial score (nSPS) is 10.4. The van der Waals surface area contributed by atoms with Crippen LogP contribution in [0.2, 0.25) is 0 Å². The lowest BCUT2D eigenvalue weighted by Gasteiger charge is -2.17. The van der Waals surface area contributed by atoms with Crippen molar-refractivity contribution < 1.29 is 4.79 Å². The predicted octanol–water partition coefficient (Wildman–Crippen LogP) is 3.45. The second-order valence-electron chi connectivity index (χ2n) is 6.25. The van der Waals surface area contributed by atoms with Gasteiger partial charge in [0, 0.05) is 51.2 Å². The van der Waals surface area contributed by atoms with E-state index < -0.39 is 0 Å². The first-order valence-corrected chi connectivity index (χ1v) is 8.28. The number of hydrogen-bond donors (Lipinski definition) is 1. The summed E-state index contributed by atoms with van der Waals surface area (Å²) in [6, 6.07) is 14.0. The van der Waals surface area contributed by atoms with E-state index in [0.717, 1.165) is 17.8 Å². The van der Waals surface area contributed by atoms with Crippen molar-refractivity contribution in [3.63, 3.8) is 0 Å². The van der Waals surface area contributed by atoms with Gasteiger partial charge in [0.25, 0.3) is 5.91 Å². The molecule has 0 atom stereocenters. The van der Waals surface area contributed by atoms with Gasteiger partial charge in [-0.3, -0.25) is 4.79 Å². The Morgan fingerprint density at radius 1 is 1.00 bits per heavy atom. The van der Waals surface area contributed by atoms with Gasteiger partial charge >= 0.3 is 0 Å². The summed E-state index contributed by atoms with van der Waals surface area (Å²) >= 11 is 0. The van der Waals surface area contributed by atoms with Crippen LogP contribution < -0.4 is 15.1 Å². The van der Waals surface area contributed by atoms with E-state index in [4.69, 9.17) is 0 Å². The molecule has 2 aromatic rings. The van der Waals surface area contributed by atoms with Gasteiger partial charge in [0.15, 0.2) is 0 Å². The summed E-state index contributed by atoms with van der Waals surface area (Å²) in [6.45, 7) is 5.65. The van der Waals surface area contributed by atoms with Gasteiger partial charge in [0.1, 0.15) is 0 Å². The second-order valence-corrected chi connectivity index (χ2v) is 6.25. The number of benzene rings is 2. The van der Waals surface area contributed by atoms with E-state index in [0.29, 0.717) is 12.1 Å². The number of nitrogens with one attached hydrogen (secondary N) is 1. The zero-order valence-electron chi connectivity index (χ0n) is 15.3. The Balaban J connectivity index is 2.00. The van der Waals surface area contributed by atoms with Crippen LogP contribution in [-0.4, -0.2) is 33.6 Å². The Morgan fingerprint density at radius 2 is 1.62 bits per heavy atom. The number of amides is 1. The van der Waals surface area contributed by atoms with E-state index in [2.05, 4.69) is 47.2 Å². The molecule has 0 heterocycles. The molecule has 0 radical (unpaired) electrons. The lowest BCUT2D eigenvalue weighted by molar-refractivity contribution is 0.0951. The van der Waals surface area contributed by atoms with Crippen molar-refractivity contribution in [1.29, 1.82) is 0 Å². The summed E-state index contributed by atoms with van der Waals surface area (Å²) in [4.78, 5) is 16.5. The van der Waals surface area contributed by atoms with Gasteiger partial charge in [-0.15, -0.1) is 0 Å². The maximum Gasteiger partial charge on any atom is 0.251 e. The van der Waals surface area contributed by atoms with Crippen LogP contribution in [0.1, 0.15) is 28.4 Å². The standard InChI is InChI=1S/C20H27N3O/c1-6-23(5)18-10-7-16(8-11-18)20(24)21-14-17-9-12-19(22(3)4)13-15(17)2/h7-13H,6,14H2,1-5H3,(H,21,24). The summed E-state index contributed by atoms with van der Waals surface area (Å²) in [6.07, 6.45) is 0. The molecule has 128 valence electrons. The molecule has 1 N–H and O–H groups in total. The maximum atomic E-state index is 12.3. The molecule has 4 nitrogen and oxygen atoms in total. The van der Waals surface area contributed by atoms with Crippen molar-refractivity contribution in [2.24, 2.45) is 0 Å². The number of carbonyl (C=O) groups excluding carboxylic acids is 1. The monoisotopic (exact) mass is 325 g/mol. The molecule has 0 aliphatic rings. The van der Waals surface area contributed by atoms with E-state index >= 15 is 0 Å². The highest BCUT2D eigenvalue weighted by Gasteiger charge is 2.08. The van der Waals surface area contributed by atoms with Gasteiger partial charge in [0.2, 0.25) is 0 Å². The van der Waals surface area contributed by atoms with Crippen molar-refractivity contribution in [2.75, 3.05) is 37.5 Å². The lowest BCUT2D eigenvalue weighted by Crippen LogP contribution is -2.23. The second kappa shape index (κ2) is 7.86. The van der Waals surface area contributed by atoms with E-state index in [1.807, 2.05) is 45.4 Å². The van der Waals surface area contributed by atoms with Crippen LogP contribution in [-0.2, 0) is 6.54 Å². The minimum atomic E-state index is -0.0446. The summed E-state index contributed by atoms with van der Waals surface area (Å²) in [5.41, 5.74) is 5.28. The highest BCUT2D eigenvalue weighted by atomic mass is 16.1. The molecule has 4 heteroatoms. The zero-order chi connectivity index (χ0) is 17.7. The minimum absolute atomic E-state index is 0.0446. The summed E-state index contributed by atoms with van der Waals surface area (Å²) in [5.74, 6) is -0.0446. The van der Waals surface area contributed by atoms with E-state index in [-0.39, 0.29) is 5.91 Å². The SMILES string of the molecule is CCN(C)c1ccc(C(=O)NCc2ccc(N(C)C)cc2C)cc1. The molecule has 0 saturated heterocycles. The number of aryl methyl sites for hydroxylation is 1. The summed E-state index contributed by atoms with van der Waals surface area (Å²) in [7, 11) is 6.08. The Morgan fingerprint density at radius 3 is 2.17 bits per heavy atom. The molecule has 0 aliphatic carbocycles. The average molecular weight is 325 g/mol. The fourth-order valence-electron chi connectivity index (χ4n) is 2.48. The average Bonchev–Trinajstić information content (AvgIpc) is 2.59. The van der Waals surface area contributed by atoms with Gasteiger partial charge < -0.3 is 15.1 Å². The lowest BCUT2D eigenvalue weighted by atomic mass is 10.1. The molecule has 0 spiro atoms. The Bertz CT molecular complexity index is 693. The van der Waals surface area contributed by atoms with E-state index in [1.165, 1.54) is 11.3 Å². The molecule has 0 aliphatic heterocycles. The molecule has 0 aromatic heterocycles. The Hall–Kier alpha value is -2.49. The van der Waals surface area contributed by atoms with Gasteiger partial charge in [-0.25, -0.2) is 0 Å². The fourth-order valence-corrected chi connectivity index (χ4v) is 2.48. The molecule has 24 heavy (non-hydrogen) atoms. The number of nitrogens with zero attached hydrogens (tertiary/aromatic N) is 2.